The van der Waals surface area contributed by atoms with E-state index in [2.05, 4.69) is 15.1 Å². The van der Waals surface area contributed by atoms with E-state index in [9.17, 15) is 0 Å². The molecule has 0 fully saturated rings. The number of halogens is 1. The Hall–Kier alpha value is -1.46. The van der Waals surface area contributed by atoms with E-state index in [0.29, 0.717) is 35.3 Å². The van der Waals surface area contributed by atoms with Gasteiger partial charge in [-0.2, -0.15) is 4.98 Å². The molecule has 0 atom stereocenters. The molecule has 0 aromatic carbocycles. The van der Waals surface area contributed by atoms with Crippen LogP contribution in [0.5, 0.6) is 0 Å². The Labute approximate surface area is 97.1 Å². The van der Waals surface area contributed by atoms with Gasteiger partial charge >= 0.3 is 0 Å². The summed E-state index contributed by atoms with van der Waals surface area (Å²) in [5.74, 6) is 0.936. The molecule has 5 nitrogen and oxygen atoms in total. The third kappa shape index (κ3) is 2.56. The summed E-state index contributed by atoms with van der Waals surface area (Å²) in [5, 5.41) is 13.0. The standard InChI is InChI=1S/C10H10ClN3O2/c11-7-3-4-8(12-6-7)10-13-9(16-14-10)2-1-5-15/h3-4,6,15H,1-2,5H2. The predicted molar refractivity (Wildman–Crippen MR) is 57.9 cm³/mol. The molecular weight excluding hydrogens is 230 g/mol. The van der Waals surface area contributed by atoms with Crippen molar-refractivity contribution in [2.75, 3.05) is 6.61 Å². The average molecular weight is 240 g/mol. The first kappa shape index (κ1) is 11.0. The lowest BCUT2D eigenvalue weighted by Gasteiger charge is -1.92. The molecule has 0 aliphatic carbocycles. The van der Waals surface area contributed by atoms with Crippen molar-refractivity contribution < 1.29 is 9.63 Å². The maximum Gasteiger partial charge on any atom is 0.227 e. The lowest BCUT2D eigenvalue weighted by atomic mass is 10.3. The van der Waals surface area contributed by atoms with Crippen molar-refractivity contribution in [3.05, 3.63) is 29.2 Å². The van der Waals surface area contributed by atoms with E-state index in [0.717, 1.165) is 0 Å². The van der Waals surface area contributed by atoms with Gasteiger partial charge in [-0.3, -0.25) is 4.98 Å². The first-order valence-electron chi connectivity index (χ1n) is 4.85. The second kappa shape index (κ2) is 5.05. The van der Waals surface area contributed by atoms with Crippen molar-refractivity contribution in [1.29, 1.82) is 0 Å². The molecule has 0 saturated heterocycles. The Kier molecular flexibility index (Phi) is 3.48. The molecule has 0 spiro atoms. The molecule has 0 saturated carbocycles. The van der Waals surface area contributed by atoms with Crippen molar-refractivity contribution >= 4 is 11.6 Å². The minimum absolute atomic E-state index is 0.108. The number of aliphatic hydroxyl groups is 1. The van der Waals surface area contributed by atoms with Crippen LogP contribution >= 0.6 is 11.6 Å². The molecular formula is C10H10ClN3O2. The molecule has 0 bridgehead atoms. The first-order chi connectivity index (χ1) is 7.79. The van der Waals surface area contributed by atoms with Crippen LogP contribution in [0.3, 0.4) is 0 Å². The Morgan fingerprint density at radius 3 is 2.94 bits per heavy atom. The molecule has 2 rings (SSSR count). The van der Waals surface area contributed by atoms with Crippen LogP contribution in [-0.4, -0.2) is 26.8 Å². The summed E-state index contributed by atoms with van der Waals surface area (Å²) in [6.07, 6.45) is 2.70. The molecule has 84 valence electrons. The lowest BCUT2D eigenvalue weighted by molar-refractivity contribution is 0.278. The average Bonchev–Trinajstić information content (AvgIpc) is 2.76. The van der Waals surface area contributed by atoms with Gasteiger partial charge in [0.2, 0.25) is 11.7 Å². The Morgan fingerprint density at radius 2 is 2.25 bits per heavy atom. The molecule has 6 heteroatoms. The smallest absolute Gasteiger partial charge is 0.227 e. The summed E-state index contributed by atoms with van der Waals surface area (Å²) >= 11 is 5.72. The predicted octanol–water partition coefficient (Wildman–Crippen LogP) is 1.71. The number of aryl methyl sites for hydroxylation is 1. The number of aromatic nitrogens is 3. The van der Waals surface area contributed by atoms with Crippen LogP contribution in [0, 0.1) is 0 Å². The van der Waals surface area contributed by atoms with E-state index >= 15 is 0 Å². The quantitative estimate of drug-likeness (QED) is 0.879. The summed E-state index contributed by atoms with van der Waals surface area (Å²) < 4.78 is 5.01. The fraction of sp³-hybridized carbons (Fsp3) is 0.300. The molecule has 2 aromatic heterocycles. The Bertz CT molecular complexity index is 455. The van der Waals surface area contributed by atoms with Gasteiger partial charge in [0.15, 0.2) is 0 Å². The van der Waals surface area contributed by atoms with Crippen LogP contribution in [0.15, 0.2) is 22.9 Å². The van der Waals surface area contributed by atoms with E-state index < -0.39 is 0 Å². The van der Waals surface area contributed by atoms with Gasteiger partial charge in [0.25, 0.3) is 0 Å². The topological polar surface area (TPSA) is 72.0 Å². The second-order valence-electron chi connectivity index (χ2n) is 3.20. The fourth-order valence-corrected chi connectivity index (χ4v) is 1.31. The summed E-state index contributed by atoms with van der Waals surface area (Å²) in [4.78, 5) is 8.23. The van der Waals surface area contributed by atoms with Gasteiger partial charge in [-0.05, 0) is 18.6 Å². The first-order valence-corrected chi connectivity index (χ1v) is 5.23. The van der Waals surface area contributed by atoms with Crippen molar-refractivity contribution in [3.63, 3.8) is 0 Å². The maximum absolute atomic E-state index is 8.67. The van der Waals surface area contributed by atoms with Gasteiger partial charge < -0.3 is 9.63 Å². The number of hydrogen-bond donors (Lipinski definition) is 1. The lowest BCUT2D eigenvalue weighted by Crippen LogP contribution is -1.90. The van der Waals surface area contributed by atoms with Crippen LogP contribution in [0.2, 0.25) is 5.02 Å². The number of nitrogens with zero attached hydrogens (tertiary/aromatic N) is 3. The van der Waals surface area contributed by atoms with Crippen LogP contribution < -0.4 is 0 Å². The van der Waals surface area contributed by atoms with Crippen molar-refractivity contribution in [3.8, 4) is 11.5 Å². The van der Waals surface area contributed by atoms with Crippen molar-refractivity contribution in [1.82, 2.24) is 15.1 Å². The largest absolute Gasteiger partial charge is 0.396 e. The summed E-state index contributed by atoms with van der Waals surface area (Å²) in [6, 6.07) is 3.44. The van der Waals surface area contributed by atoms with E-state index in [1.54, 1.807) is 12.1 Å². The molecule has 0 aliphatic rings. The van der Waals surface area contributed by atoms with Gasteiger partial charge in [-0.15, -0.1) is 0 Å². The summed E-state index contributed by atoms with van der Waals surface area (Å²) in [7, 11) is 0. The van der Waals surface area contributed by atoms with Crippen LogP contribution in [0.1, 0.15) is 12.3 Å². The third-order valence-electron chi connectivity index (χ3n) is 1.97. The molecule has 0 radical (unpaired) electrons. The number of hydrogen-bond acceptors (Lipinski definition) is 5. The minimum Gasteiger partial charge on any atom is -0.396 e. The zero-order chi connectivity index (χ0) is 11.4. The summed E-state index contributed by atoms with van der Waals surface area (Å²) in [5.41, 5.74) is 0.614. The Morgan fingerprint density at radius 1 is 1.38 bits per heavy atom. The van der Waals surface area contributed by atoms with Gasteiger partial charge in [0.05, 0.1) is 5.02 Å². The maximum atomic E-state index is 8.67. The van der Waals surface area contributed by atoms with E-state index in [4.69, 9.17) is 21.2 Å². The zero-order valence-electron chi connectivity index (χ0n) is 8.43. The number of aliphatic hydroxyl groups excluding tert-OH is 1. The second-order valence-corrected chi connectivity index (χ2v) is 3.64. The molecule has 0 unspecified atom stereocenters. The minimum atomic E-state index is 0.108. The van der Waals surface area contributed by atoms with E-state index in [-0.39, 0.29) is 6.61 Å². The number of rotatable bonds is 4. The zero-order valence-corrected chi connectivity index (χ0v) is 9.18. The van der Waals surface area contributed by atoms with Gasteiger partial charge in [0, 0.05) is 19.2 Å². The monoisotopic (exact) mass is 239 g/mol. The Balaban J connectivity index is 2.15. The van der Waals surface area contributed by atoms with Crippen molar-refractivity contribution in [2.45, 2.75) is 12.8 Å². The summed E-state index contributed by atoms with van der Waals surface area (Å²) in [6.45, 7) is 0.108. The van der Waals surface area contributed by atoms with Crippen LogP contribution in [0.4, 0.5) is 0 Å². The van der Waals surface area contributed by atoms with Crippen LogP contribution in [-0.2, 0) is 6.42 Å². The van der Waals surface area contributed by atoms with Gasteiger partial charge in [0.1, 0.15) is 5.69 Å². The van der Waals surface area contributed by atoms with E-state index in [1.807, 2.05) is 0 Å². The molecule has 0 aliphatic heterocycles. The van der Waals surface area contributed by atoms with Gasteiger partial charge in [-0.25, -0.2) is 0 Å². The fourth-order valence-electron chi connectivity index (χ4n) is 1.20. The normalized spacial score (nSPS) is 10.6. The highest BCUT2D eigenvalue weighted by Gasteiger charge is 2.08. The molecule has 0 amide bonds. The molecule has 16 heavy (non-hydrogen) atoms. The highest BCUT2D eigenvalue weighted by molar-refractivity contribution is 6.30. The van der Waals surface area contributed by atoms with Crippen LogP contribution in [0.25, 0.3) is 11.5 Å². The SMILES string of the molecule is OCCCc1nc(-c2ccc(Cl)cn2)no1. The highest BCUT2D eigenvalue weighted by atomic mass is 35.5. The number of pyridine rings is 1. The van der Waals surface area contributed by atoms with Gasteiger partial charge in [-0.1, -0.05) is 16.8 Å². The third-order valence-corrected chi connectivity index (χ3v) is 2.20. The molecule has 1 N–H and O–H groups in total. The highest BCUT2D eigenvalue weighted by Crippen LogP contribution is 2.15. The molecule has 2 heterocycles. The van der Waals surface area contributed by atoms with Crippen molar-refractivity contribution in [2.24, 2.45) is 0 Å². The molecule has 2 aromatic rings. The van der Waals surface area contributed by atoms with E-state index in [1.165, 1.54) is 6.20 Å².